The van der Waals surface area contributed by atoms with E-state index in [1.54, 1.807) is 8.61 Å². The van der Waals surface area contributed by atoms with Gasteiger partial charge in [-0.25, -0.2) is 0 Å². The largest absolute Gasteiger partial charge is 0.301 e. The van der Waals surface area contributed by atoms with E-state index in [1.165, 1.54) is 0 Å². The molecule has 1 unspecified atom stereocenters. The van der Waals surface area contributed by atoms with Crippen molar-refractivity contribution in [3.05, 3.63) is 0 Å². The van der Waals surface area contributed by atoms with E-state index >= 15 is 0 Å². The fourth-order valence-electron chi connectivity index (χ4n) is 2.68. The molecule has 1 atom stereocenters. The zero-order valence-corrected chi connectivity index (χ0v) is 13.3. The Hall–Kier alpha value is 0.120. The summed E-state index contributed by atoms with van der Waals surface area (Å²) in [5, 5.41) is 0. The second-order valence-corrected chi connectivity index (χ2v) is 7.93. The summed E-state index contributed by atoms with van der Waals surface area (Å²) in [5.74, 6) is 1.11. The summed E-state index contributed by atoms with van der Waals surface area (Å²) < 4.78 is 28.4. The summed E-state index contributed by atoms with van der Waals surface area (Å²) >= 11 is 5.84. The zero-order chi connectivity index (χ0) is 14.0. The van der Waals surface area contributed by atoms with Crippen LogP contribution >= 0.6 is 11.6 Å². The summed E-state index contributed by atoms with van der Waals surface area (Å²) in [5.41, 5.74) is 0. The molecule has 2 aliphatic rings. The molecule has 112 valence electrons. The maximum atomic E-state index is 12.6. The highest BCUT2D eigenvalue weighted by Crippen LogP contribution is 2.23. The Kier molecular flexibility index (Phi) is 5.11. The molecule has 0 spiro atoms. The highest BCUT2D eigenvalue weighted by atomic mass is 35.5. The highest BCUT2D eigenvalue weighted by molar-refractivity contribution is 7.86. The van der Waals surface area contributed by atoms with E-state index in [-0.39, 0.29) is 6.04 Å². The van der Waals surface area contributed by atoms with Gasteiger partial charge in [-0.05, 0) is 32.7 Å². The minimum absolute atomic E-state index is 0.281. The lowest BCUT2D eigenvalue weighted by molar-refractivity contribution is 0.150. The Morgan fingerprint density at radius 2 is 1.74 bits per heavy atom. The van der Waals surface area contributed by atoms with Crippen molar-refractivity contribution < 1.29 is 8.42 Å². The third kappa shape index (κ3) is 3.42. The molecule has 5 nitrogen and oxygen atoms in total. The van der Waals surface area contributed by atoms with Crippen LogP contribution in [0.15, 0.2) is 0 Å². The number of hydrogen-bond acceptors (Lipinski definition) is 3. The second kappa shape index (κ2) is 6.26. The summed E-state index contributed by atoms with van der Waals surface area (Å²) in [6.45, 7) is 5.29. The van der Waals surface area contributed by atoms with Crippen molar-refractivity contribution in [2.45, 2.75) is 25.8 Å². The molecule has 2 aliphatic heterocycles. The first-order chi connectivity index (χ1) is 8.95. The molecule has 0 aromatic heterocycles. The number of rotatable bonds is 3. The Morgan fingerprint density at radius 3 is 2.26 bits per heavy atom. The molecule has 0 bridgehead atoms. The van der Waals surface area contributed by atoms with Gasteiger partial charge in [0.1, 0.15) is 0 Å². The third-order valence-corrected chi connectivity index (χ3v) is 6.81. The first-order valence-corrected chi connectivity index (χ1v) is 8.89. The van der Waals surface area contributed by atoms with Crippen LogP contribution in [0.2, 0.25) is 0 Å². The van der Waals surface area contributed by atoms with Crippen LogP contribution in [0.4, 0.5) is 0 Å². The predicted octanol–water partition coefficient (Wildman–Crippen LogP) is 0.818. The number of piperidine rings is 1. The molecular weight excluding hydrogens is 286 g/mol. The molecular formula is C12H24ClN3O2S. The van der Waals surface area contributed by atoms with E-state index in [1.807, 2.05) is 7.05 Å². The van der Waals surface area contributed by atoms with Gasteiger partial charge in [0.2, 0.25) is 0 Å². The standard InChI is InChI=1S/C12H24ClN3O2S/c1-11-10-16(8-7-14(11)2)19(17,18)15-5-3-12(9-13)4-6-15/h11-12H,3-10H2,1-2H3. The minimum atomic E-state index is -3.28. The molecule has 2 heterocycles. The molecule has 0 aromatic rings. The monoisotopic (exact) mass is 309 g/mol. The van der Waals surface area contributed by atoms with E-state index in [9.17, 15) is 8.42 Å². The van der Waals surface area contributed by atoms with Crippen LogP contribution < -0.4 is 0 Å². The van der Waals surface area contributed by atoms with Crippen LogP contribution in [0, 0.1) is 5.92 Å². The van der Waals surface area contributed by atoms with Gasteiger partial charge in [0, 0.05) is 44.6 Å². The Labute approximate surface area is 121 Å². The Balaban J connectivity index is 1.99. The van der Waals surface area contributed by atoms with Crippen LogP contribution in [0.25, 0.3) is 0 Å². The number of piperazine rings is 1. The molecule has 0 radical (unpaired) electrons. The average molecular weight is 310 g/mol. The topological polar surface area (TPSA) is 43.9 Å². The van der Waals surface area contributed by atoms with Gasteiger partial charge in [0.25, 0.3) is 10.2 Å². The predicted molar refractivity (Wildman–Crippen MR) is 77.6 cm³/mol. The Morgan fingerprint density at radius 1 is 1.11 bits per heavy atom. The van der Waals surface area contributed by atoms with Gasteiger partial charge in [-0.3, -0.25) is 0 Å². The third-order valence-electron chi connectivity index (χ3n) is 4.37. The van der Waals surface area contributed by atoms with Gasteiger partial charge < -0.3 is 4.90 Å². The number of nitrogens with zero attached hydrogens (tertiary/aromatic N) is 3. The van der Waals surface area contributed by atoms with Crippen LogP contribution in [0.5, 0.6) is 0 Å². The van der Waals surface area contributed by atoms with Crippen molar-refractivity contribution >= 4 is 21.8 Å². The fraction of sp³-hybridized carbons (Fsp3) is 1.00. The molecule has 0 amide bonds. The maximum absolute atomic E-state index is 12.6. The number of alkyl halides is 1. The van der Waals surface area contributed by atoms with Crippen molar-refractivity contribution in [3.63, 3.8) is 0 Å². The van der Waals surface area contributed by atoms with E-state index in [0.29, 0.717) is 38.0 Å². The molecule has 0 N–H and O–H groups in total. The minimum Gasteiger partial charge on any atom is -0.301 e. The summed E-state index contributed by atoms with van der Waals surface area (Å²) in [4.78, 5) is 2.20. The quantitative estimate of drug-likeness (QED) is 0.725. The second-order valence-electron chi connectivity index (χ2n) is 5.69. The first kappa shape index (κ1) is 15.5. The van der Waals surface area contributed by atoms with Gasteiger partial charge in [0.15, 0.2) is 0 Å². The molecule has 0 aliphatic carbocycles. The van der Waals surface area contributed by atoms with E-state index in [0.717, 1.165) is 19.4 Å². The van der Waals surface area contributed by atoms with Crippen LogP contribution in [0.3, 0.4) is 0 Å². The molecule has 7 heteroatoms. The van der Waals surface area contributed by atoms with Crippen molar-refractivity contribution in [1.82, 2.24) is 13.5 Å². The first-order valence-electron chi connectivity index (χ1n) is 6.96. The smallest absolute Gasteiger partial charge is 0.282 e. The fourth-order valence-corrected chi connectivity index (χ4v) is 4.71. The van der Waals surface area contributed by atoms with Crippen LogP contribution in [-0.4, -0.2) is 73.6 Å². The van der Waals surface area contributed by atoms with Gasteiger partial charge in [-0.1, -0.05) is 0 Å². The summed E-state index contributed by atoms with van der Waals surface area (Å²) in [6, 6.07) is 0.281. The van der Waals surface area contributed by atoms with Gasteiger partial charge in [-0.2, -0.15) is 17.0 Å². The van der Waals surface area contributed by atoms with E-state index in [4.69, 9.17) is 11.6 Å². The SMILES string of the molecule is CC1CN(S(=O)(=O)N2CCC(CCl)CC2)CCN1C. The van der Waals surface area contributed by atoms with Gasteiger partial charge in [-0.15, -0.1) is 11.6 Å². The molecule has 0 saturated carbocycles. The molecule has 2 rings (SSSR count). The average Bonchev–Trinajstić information content (AvgIpc) is 2.41. The summed E-state index contributed by atoms with van der Waals surface area (Å²) in [7, 11) is -1.23. The molecule has 0 aromatic carbocycles. The normalized spacial score (nSPS) is 29.7. The van der Waals surface area contributed by atoms with E-state index in [2.05, 4.69) is 11.8 Å². The number of likely N-dealkylation sites (N-methyl/N-ethyl adjacent to an activating group) is 1. The van der Waals surface area contributed by atoms with Crippen molar-refractivity contribution in [3.8, 4) is 0 Å². The lowest BCUT2D eigenvalue weighted by Gasteiger charge is -2.40. The van der Waals surface area contributed by atoms with Crippen molar-refractivity contribution in [1.29, 1.82) is 0 Å². The lowest BCUT2D eigenvalue weighted by Crippen LogP contribution is -2.56. The van der Waals surface area contributed by atoms with E-state index < -0.39 is 10.2 Å². The number of halogens is 1. The zero-order valence-electron chi connectivity index (χ0n) is 11.8. The van der Waals surface area contributed by atoms with Gasteiger partial charge >= 0.3 is 0 Å². The lowest BCUT2D eigenvalue weighted by atomic mass is 10.0. The highest BCUT2D eigenvalue weighted by Gasteiger charge is 2.35. The van der Waals surface area contributed by atoms with Crippen LogP contribution in [-0.2, 0) is 10.2 Å². The van der Waals surface area contributed by atoms with Gasteiger partial charge in [0.05, 0.1) is 0 Å². The van der Waals surface area contributed by atoms with Crippen molar-refractivity contribution in [2.24, 2.45) is 5.92 Å². The maximum Gasteiger partial charge on any atom is 0.282 e. The van der Waals surface area contributed by atoms with Crippen molar-refractivity contribution in [2.75, 3.05) is 45.7 Å². The summed E-state index contributed by atoms with van der Waals surface area (Å²) in [6.07, 6.45) is 1.76. The number of hydrogen-bond donors (Lipinski definition) is 0. The van der Waals surface area contributed by atoms with Crippen LogP contribution in [0.1, 0.15) is 19.8 Å². The Bertz CT molecular complexity index is 396. The molecule has 2 fully saturated rings. The molecule has 19 heavy (non-hydrogen) atoms. The molecule has 2 saturated heterocycles.